The second-order valence-electron chi connectivity index (χ2n) is 8.58. The van der Waals surface area contributed by atoms with Gasteiger partial charge in [-0.25, -0.2) is 14.4 Å². The van der Waals surface area contributed by atoms with Crippen LogP contribution in [0.5, 0.6) is 5.75 Å². The zero-order chi connectivity index (χ0) is 23.4. The molecule has 1 aliphatic heterocycles. The van der Waals surface area contributed by atoms with E-state index in [1.807, 2.05) is 54.4 Å². The lowest BCUT2D eigenvalue weighted by molar-refractivity contribution is -0.131. The first kappa shape index (κ1) is 22.7. The summed E-state index contributed by atoms with van der Waals surface area (Å²) in [5, 5.41) is 0. The topological polar surface area (TPSA) is 58.6 Å². The number of halogens is 1. The molecule has 1 saturated heterocycles. The summed E-state index contributed by atoms with van der Waals surface area (Å²) in [6, 6.07) is 14.0. The minimum absolute atomic E-state index is 0.0520. The van der Waals surface area contributed by atoms with Crippen LogP contribution in [0.25, 0.3) is 11.1 Å². The molecule has 0 spiro atoms. The molecule has 4 rings (SSSR count). The molecule has 2 aromatic carbocycles. The second-order valence-corrected chi connectivity index (χ2v) is 8.58. The van der Waals surface area contributed by atoms with Crippen LogP contribution in [0.2, 0.25) is 0 Å². The Morgan fingerprint density at radius 2 is 2.00 bits per heavy atom. The standard InChI is InChI=1S/C26H29FN4O2/c1-30(2)26-28-16-23(19-6-4-8-22(15-19)33-3)25(29-26)20-7-5-13-31(17-20)24(32)14-18-9-11-21(27)12-10-18/h4,6,8-12,15-16,20H,5,7,13-14,17H2,1-3H3. The number of rotatable bonds is 6. The third kappa shape index (κ3) is 5.30. The first-order valence-corrected chi connectivity index (χ1v) is 11.2. The van der Waals surface area contributed by atoms with E-state index in [0.717, 1.165) is 47.5 Å². The van der Waals surface area contributed by atoms with Crippen LogP contribution < -0.4 is 9.64 Å². The number of methoxy groups -OCH3 is 1. The van der Waals surface area contributed by atoms with E-state index in [2.05, 4.69) is 4.98 Å². The highest BCUT2D eigenvalue weighted by atomic mass is 19.1. The van der Waals surface area contributed by atoms with E-state index in [0.29, 0.717) is 12.5 Å². The van der Waals surface area contributed by atoms with E-state index >= 15 is 0 Å². The zero-order valence-corrected chi connectivity index (χ0v) is 19.3. The first-order chi connectivity index (χ1) is 15.9. The molecule has 7 heteroatoms. The summed E-state index contributed by atoms with van der Waals surface area (Å²) in [5.41, 5.74) is 3.71. The summed E-state index contributed by atoms with van der Waals surface area (Å²) >= 11 is 0. The maximum atomic E-state index is 13.2. The van der Waals surface area contributed by atoms with Crippen LogP contribution in [0.15, 0.2) is 54.7 Å². The van der Waals surface area contributed by atoms with Gasteiger partial charge in [-0.3, -0.25) is 4.79 Å². The molecule has 6 nitrogen and oxygen atoms in total. The second kappa shape index (κ2) is 9.98. The van der Waals surface area contributed by atoms with Gasteiger partial charge in [0.1, 0.15) is 11.6 Å². The summed E-state index contributed by atoms with van der Waals surface area (Å²) in [6.45, 7) is 1.32. The van der Waals surface area contributed by atoms with Crippen molar-refractivity contribution in [1.29, 1.82) is 0 Å². The molecule has 33 heavy (non-hydrogen) atoms. The number of carbonyl (C=O) groups is 1. The molecule has 1 fully saturated rings. The van der Waals surface area contributed by atoms with Gasteiger partial charge in [0.2, 0.25) is 11.9 Å². The van der Waals surface area contributed by atoms with E-state index in [-0.39, 0.29) is 24.1 Å². The van der Waals surface area contributed by atoms with E-state index in [4.69, 9.17) is 9.72 Å². The molecule has 1 atom stereocenters. The molecule has 0 aliphatic carbocycles. The largest absolute Gasteiger partial charge is 0.497 e. The minimum Gasteiger partial charge on any atom is -0.497 e. The molecule has 1 aliphatic rings. The number of ether oxygens (including phenoxy) is 1. The highest BCUT2D eigenvalue weighted by molar-refractivity contribution is 5.79. The van der Waals surface area contributed by atoms with Gasteiger partial charge in [-0.1, -0.05) is 24.3 Å². The lowest BCUT2D eigenvalue weighted by atomic mass is 9.89. The summed E-state index contributed by atoms with van der Waals surface area (Å²) in [5.74, 6) is 1.27. The molecule has 0 saturated carbocycles. The summed E-state index contributed by atoms with van der Waals surface area (Å²) in [6.07, 6.45) is 3.98. The highest BCUT2D eigenvalue weighted by Gasteiger charge is 2.28. The van der Waals surface area contributed by atoms with Crippen LogP contribution in [0.1, 0.15) is 30.0 Å². The molecule has 1 aromatic heterocycles. The predicted molar refractivity (Wildman–Crippen MR) is 127 cm³/mol. The van der Waals surface area contributed by atoms with Crippen molar-refractivity contribution in [3.8, 4) is 16.9 Å². The van der Waals surface area contributed by atoms with Crippen LogP contribution in [-0.2, 0) is 11.2 Å². The molecule has 1 unspecified atom stereocenters. The van der Waals surface area contributed by atoms with Crippen molar-refractivity contribution in [2.24, 2.45) is 0 Å². The van der Waals surface area contributed by atoms with Crippen LogP contribution in [0, 0.1) is 5.82 Å². The van der Waals surface area contributed by atoms with Gasteiger partial charge in [-0.2, -0.15) is 0 Å². The van der Waals surface area contributed by atoms with Crippen molar-refractivity contribution < 1.29 is 13.9 Å². The lowest BCUT2D eigenvalue weighted by Crippen LogP contribution is -2.40. The number of hydrogen-bond donors (Lipinski definition) is 0. The Labute approximate surface area is 194 Å². The smallest absolute Gasteiger partial charge is 0.227 e. The quantitative estimate of drug-likeness (QED) is 0.563. The number of anilines is 1. The molecular weight excluding hydrogens is 419 g/mol. The van der Waals surface area contributed by atoms with Crippen molar-refractivity contribution in [1.82, 2.24) is 14.9 Å². The normalized spacial score (nSPS) is 15.9. The fourth-order valence-electron chi connectivity index (χ4n) is 4.24. The van der Waals surface area contributed by atoms with Crippen molar-refractivity contribution in [3.63, 3.8) is 0 Å². The molecule has 172 valence electrons. The maximum Gasteiger partial charge on any atom is 0.227 e. The van der Waals surface area contributed by atoms with Gasteiger partial charge in [0.25, 0.3) is 0 Å². The van der Waals surface area contributed by atoms with E-state index in [1.165, 1.54) is 12.1 Å². The fourth-order valence-corrected chi connectivity index (χ4v) is 4.24. The van der Waals surface area contributed by atoms with Crippen molar-refractivity contribution in [2.75, 3.05) is 39.2 Å². The number of aromatic nitrogens is 2. The third-order valence-electron chi connectivity index (χ3n) is 6.02. The van der Waals surface area contributed by atoms with Gasteiger partial charge in [0.05, 0.1) is 19.2 Å². The molecule has 1 amide bonds. The van der Waals surface area contributed by atoms with E-state index in [1.54, 1.807) is 19.2 Å². The van der Waals surface area contributed by atoms with Gasteiger partial charge in [0.15, 0.2) is 0 Å². The van der Waals surface area contributed by atoms with Gasteiger partial charge in [-0.15, -0.1) is 0 Å². The Morgan fingerprint density at radius 3 is 2.73 bits per heavy atom. The average molecular weight is 449 g/mol. The number of nitrogens with zero attached hydrogens (tertiary/aromatic N) is 4. The maximum absolute atomic E-state index is 13.2. The van der Waals surface area contributed by atoms with Crippen molar-refractivity contribution in [3.05, 3.63) is 71.8 Å². The van der Waals surface area contributed by atoms with Crippen LogP contribution in [0.3, 0.4) is 0 Å². The first-order valence-electron chi connectivity index (χ1n) is 11.2. The molecule has 0 bridgehead atoms. The van der Waals surface area contributed by atoms with E-state index < -0.39 is 0 Å². The predicted octanol–water partition coefficient (Wildman–Crippen LogP) is 4.31. The summed E-state index contributed by atoms with van der Waals surface area (Å²) in [7, 11) is 5.49. The molecule has 0 N–H and O–H groups in total. The minimum atomic E-state index is -0.297. The molecule has 0 radical (unpaired) electrons. The Morgan fingerprint density at radius 1 is 1.21 bits per heavy atom. The van der Waals surface area contributed by atoms with Crippen LogP contribution in [-0.4, -0.2) is 55.1 Å². The number of amides is 1. The Hall–Kier alpha value is -3.48. The van der Waals surface area contributed by atoms with Gasteiger partial charge >= 0.3 is 0 Å². The number of likely N-dealkylation sites (tertiary alicyclic amines) is 1. The number of carbonyl (C=O) groups excluding carboxylic acids is 1. The molecule has 2 heterocycles. The van der Waals surface area contributed by atoms with E-state index in [9.17, 15) is 9.18 Å². The molecular formula is C26H29FN4O2. The average Bonchev–Trinajstić information content (AvgIpc) is 2.85. The third-order valence-corrected chi connectivity index (χ3v) is 6.02. The summed E-state index contributed by atoms with van der Waals surface area (Å²) < 4.78 is 18.6. The SMILES string of the molecule is COc1cccc(-c2cnc(N(C)C)nc2C2CCCN(C(=O)Cc3ccc(F)cc3)C2)c1. The molecule has 3 aromatic rings. The number of benzene rings is 2. The Kier molecular flexibility index (Phi) is 6.87. The zero-order valence-electron chi connectivity index (χ0n) is 19.3. The van der Waals surface area contributed by atoms with Gasteiger partial charge in [0, 0.05) is 44.9 Å². The lowest BCUT2D eigenvalue weighted by Gasteiger charge is -2.33. The van der Waals surface area contributed by atoms with Crippen LogP contribution >= 0.6 is 0 Å². The number of piperidine rings is 1. The summed E-state index contributed by atoms with van der Waals surface area (Å²) in [4.78, 5) is 26.3. The number of hydrogen-bond acceptors (Lipinski definition) is 5. The highest BCUT2D eigenvalue weighted by Crippen LogP contribution is 2.35. The Bertz CT molecular complexity index is 1120. The Balaban J connectivity index is 1.61. The van der Waals surface area contributed by atoms with Crippen LogP contribution in [0.4, 0.5) is 10.3 Å². The fraction of sp³-hybridized carbons (Fsp3) is 0.346. The monoisotopic (exact) mass is 448 g/mol. The van der Waals surface area contributed by atoms with Gasteiger partial charge < -0.3 is 14.5 Å². The van der Waals surface area contributed by atoms with Crippen molar-refractivity contribution >= 4 is 11.9 Å². The van der Waals surface area contributed by atoms with Gasteiger partial charge in [-0.05, 0) is 48.2 Å². The van der Waals surface area contributed by atoms with Crippen molar-refractivity contribution in [2.45, 2.75) is 25.2 Å².